The van der Waals surface area contributed by atoms with E-state index in [1.807, 2.05) is 4.90 Å². The maximum Gasteiger partial charge on any atom is 0.246 e. The molecule has 1 aliphatic heterocycles. The van der Waals surface area contributed by atoms with Crippen LogP contribution in [-0.2, 0) is 16.1 Å². The Labute approximate surface area is 143 Å². The highest BCUT2D eigenvalue weighted by atomic mass is 16.5. The topological polar surface area (TPSA) is 140 Å². The fourth-order valence-corrected chi connectivity index (χ4v) is 2.77. The van der Waals surface area contributed by atoms with Crippen molar-refractivity contribution in [3.8, 4) is 11.6 Å². The molecule has 1 atom stereocenters. The van der Waals surface area contributed by atoms with Gasteiger partial charge < -0.3 is 15.6 Å². The quantitative estimate of drug-likeness (QED) is 0.703. The fourth-order valence-electron chi connectivity index (χ4n) is 2.77. The predicted octanol–water partition coefficient (Wildman–Crippen LogP) is -0.660. The van der Waals surface area contributed by atoms with Crippen LogP contribution in [0.3, 0.4) is 0 Å². The summed E-state index contributed by atoms with van der Waals surface area (Å²) in [5.41, 5.74) is 5.21. The van der Waals surface area contributed by atoms with E-state index in [1.54, 1.807) is 18.5 Å². The average molecular weight is 345 g/mol. The summed E-state index contributed by atoms with van der Waals surface area (Å²) in [6, 6.07) is 1.69. The lowest BCUT2D eigenvalue weighted by atomic mass is 9.97. The molecule has 1 saturated heterocycles. The largest absolute Gasteiger partial charge is 0.369 e. The van der Waals surface area contributed by atoms with Crippen molar-refractivity contribution in [3.63, 3.8) is 0 Å². The number of carbonyl (C=O) groups is 2. The first-order chi connectivity index (χ1) is 12.1. The minimum atomic E-state index is -0.387. The SMILES string of the molecule is NC(=O)CN1CCCC(C(=O)NCc2nc(-c3ncccn3)no2)C1. The molecule has 25 heavy (non-hydrogen) atoms. The molecule has 3 heterocycles. The van der Waals surface area contributed by atoms with E-state index in [9.17, 15) is 9.59 Å². The number of likely N-dealkylation sites (tertiary alicyclic amines) is 1. The molecule has 0 saturated carbocycles. The van der Waals surface area contributed by atoms with Gasteiger partial charge in [-0.3, -0.25) is 14.5 Å². The molecule has 132 valence electrons. The van der Waals surface area contributed by atoms with E-state index in [0.29, 0.717) is 12.4 Å². The van der Waals surface area contributed by atoms with Crippen LogP contribution in [0.5, 0.6) is 0 Å². The molecule has 10 heteroatoms. The van der Waals surface area contributed by atoms with Crippen LogP contribution in [0.25, 0.3) is 11.6 Å². The molecule has 0 spiro atoms. The van der Waals surface area contributed by atoms with Gasteiger partial charge in [-0.05, 0) is 25.5 Å². The van der Waals surface area contributed by atoms with E-state index >= 15 is 0 Å². The third-order valence-electron chi connectivity index (χ3n) is 3.90. The smallest absolute Gasteiger partial charge is 0.246 e. The Balaban J connectivity index is 1.52. The van der Waals surface area contributed by atoms with Gasteiger partial charge in [0.25, 0.3) is 0 Å². The Hall–Kier alpha value is -2.88. The molecule has 0 radical (unpaired) electrons. The highest BCUT2D eigenvalue weighted by Gasteiger charge is 2.26. The van der Waals surface area contributed by atoms with Crippen LogP contribution >= 0.6 is 0 Å². The molecule has 10 nitrogen and oxygen atoms in total. The van der Waals surface area contributed by atoms with Crippen LogP contribution in [0.1, 0.15) is 18.7 Å². The number of nitrogens with zero attached hydrogens (tertiary/aromatic N) is 5. The van der Waals surface area contributed by atoms with Crippen molar-refractivity contribution in [2.45, 2.75) is 19.4 Å². The van der Waals surface area contributed by atoms with Crippen molar-refractivity contribution < 1.29 is 14.1 Å². The van der Waals surface area contributed by atoms with Crippen LogP contribution in [0.2, 0.25) is 0 Å². The number of nitrogens with two attached hydrogens (primary N) is 1. The maximum atomic E-state index is 12.3. The highest BCUT2D eigenvalue weighted by Crippen LogP contribution is 2.16. The molecular weight excluding hydrogens is 326 g/mol. The number of rotatable bonds is 6. The van der Waals surface area contributed by atoms with E-state index in [1.165, 1.54) is 0 Å². The number of piperidine rings is 1. The van der Waals surface area contributed by atoms with E-state index in [0.717, 1.165) is 19.4 Å². The number of carbonyl (C=O) groups excluding carboxylic acids is 2. The molecule has 2 amide bonds. The molecule has 1 unspecified atom stereocenters. The molecule has 0 aliphatic carbocycles. The average Bonchev–Trinajstić information content (AvgIpc) is 3.09. The summed E-state index contributed by atoms with van der Waals surface area (Å²) in [4.78, 5) is 37.5. The van der Waals surface area contributed by atoms with Gasteiger partial charge in [-0.1, -0.05) is 5.16 Å². The third-order valence-corrected chi connectivity index (χ3v) is 3.90. The molecule has 2 aromatic heterocycles. The number of nitrogens with one attached hydrogen (secondary N) is 1. The lowest BCUT2D eigenvalue weighted by Crippen LogP contribution is -2.45. The Morgan fingerprint density at radius 2 is 2.12 bits per heavy atom. The number of aromatic nitrogens is 4. The molecule has 3 rings (SSSR count). The number of hydrogen-bond acceptors (Lipinski definition) is 8. The van der Waals surface area contributed by atoms with Gasteiger partial charge in [0.2, 0.25) is 29.4 Å². The van der Waals surface area contributed by atoms with Crippen LogP contribution in [-0.4, -0.2) is 56.5 Å². The van der Waals surface area contributed by atoms with Crippen molar-refractivity contribution in [2.24, 2.45) is 11.7 Å². The number of amides is 2. The van der Waals surface area contributed by atoms with Gasteiger partial charge in [0.1, 0.15) is 0 Å². The van der Waals surface area contributed by atoms with E-state index < -0.39 is 0 Å². The Morgan fingerprint density at radius 3 is 2.88 bits per heavy atom. The zero-order valence-electron chi connectivity index (χ0n) is 13.6. The van der Waals surface area contributed by atoms with Gasteiger partial charge in [-0.25, -0.2) is 9.97 Å². The summed E-state index contributed by atoms with van der Waals surface area (Å²) < 4.78 is 5.10. The first-order valence-electron chi connectivity index (χ1n) is 8.00. The lowest BCUT2D eigenvalue weighted by Gasteiger charge is -2.30. The fraction of sp³-hybridized carbons (Fsp3) is 0.467. The lowest BCUT2D eigenvalue weighted by molar-refractivity contribution is -0.128. The Kier molecular flexibility index (Phi) is 5.29. The normalized spacial score (nSPS) is 18.0. The number of primary amides is 1. The second-order valence-electron chi connectivity index (χ2n) is 5.84. The van der Waals surface area contributed by atoms with E-state index in [-0.39, 0.29) is 42.5 Å². The molecule has 0 bridgehead atoms. The minimum Gasteiger partial charge on any atom is -0.369 e. The van der Waals surface area contributed by atoms with Crippen molar-refractivity contribution in [2.75, 3.05) is 19.6 Å². The highest BCUT2D eigenvalue weighted by molar-refractivity contribution is 5.79. The zero-order chi connectivity index (χ0) is 17.6. The molecule has 1 aliphatic rings. The Morgan fingerprint density at radius 1 is 1.32 bits per heavy atom. The predicted molar refractivity (Wildman–Crippen MR) is 85.5 cm³/mol. The second kappa shape index (κ2) is 7.79. The van der Waals surface area contributed by atoms with Gasteiger partial charge in [0.15, 0.2) is 0 Å². The zero-order valence-corrected chi connectivity index (χ0v) is 13.6. The summed E-state index contributed by atoms with van der Waals surface area (Å²) in [6.45, 7) is 1.59. The second-order valence-corrected chi connectivity index (χ2v) is 5.84. The van der Waals surface area contributed by atoms with E-state index in [4.69, 9.17) is 10.3 Å². The van der Waals surface area contributed by atoms with E-state index in [2.05, 4.69) is 25.4 Å². The van der Waals surface area contributed by atoms with Crippen LogP contribution < -0.4 is 11.1 Å². The van der Waals surface area contributed by atoms with Crippen molar-refractivity contribution in [1.82, 2.24) is 30.3 Å². The first kappa shape index (κ1) is 17.0. The van der Waals surface area contributed by atoms with Gasteiger partial charge in [0, 0.05) is 18.9 Å². The van der Waals surface area contributed by atoms with Gasteiger partial charge in [-0.2, -0.15) is 4.98 Å². The molecule has 1 fully saturated rings. The van der Waals surface area contributed by atoms with Crippen molar-refractivity contribution >= 4 is 11.8 Å². The van der Waals surface area contributed by atoms with Crippen LogP contribution in [0, 0.1) is 5.92 Å². The molecular formula is C15H19N7O3. The Bertz CT molecular complexity index is 734. The van der Waals surface area contributed by atoms with Crippen molar-refractivity contribution in [1.29, 1.82) is 0 Å². The summed E-state index contributed by atoms with van der Waals surface area (Å²) in [6.07, 6.45) is 4.79. The monoisotopic (exact) mass is 345 g/mol. The van der Waals surface area contributed by atoms with Gasteiger partial charge in [-0.15, -0.1) is 0 Å². The summed E-state index contributed by atoms with van der Waals surface area (Å²) in [5.74, 6) is 0.231. The van der Waals surface area contributed by atoms with Gasteiger partial charge >= 0.3 is 0 Å². The summed E-state index contributed by atoms with van der Waals surface area (Å²) in [5, 5.41) is 6.59. The maximum absolute atomic E-state index is 12.3. The molecule has 0 aromatic carbocycles. The number of hydrogen-bond donors (Lipinski definition) is 2. The third kappa shape index (κ3) is 4.57. The standard InChI is InChI=1S/C15H19N7O3/c16-11(23)9-22-6-1-3-10(8-22)15(24)19-7-12-20-14(21-25-12)13-17-4-2-5-18-13/h2,4-5,10H,1,3,6-9H2,(H2,16,23)(H,19,24). The minimum absolute atomic E-state index is 0.107. The van der Waals surface area contributed by atoms with Crippen molar-refractivity contribution in [3.05, 3.63) is 24.4 Å². The first-order valence-corrected chi connectivity index (χ1v) is 8.00. The molecule has 3 N–H and O–H groups in total. The summed E-state index contributed by atoms with van der Waals surface area (Å²) in [7, 11) is 0. The van der Waals surface area contributed by atoms with Crippen LogP contribution in [0.15, 0.2) is 23.0 Å². The summed E-state index contributed by atoms with van der Waals surface area (Å²) >= 11 is 0. The van der Waals surface area contributed by atoms with Crippen LogP contribution in [0.4, 0.5) is 0 Å². The molecule has 2 aromatic rings. The van der Waals surface area contributed by atoms with Gasteiger partial charge in [0.05, 0.1) is 19.0 Å².